The second-order valence-corrected chi connectivity index (χ2v) is 7.28. The third-order valence-corrected chi connectivity index (χ3v) is 5.29. The molecule has 0 amide bonds. The predicted molar refractivity (Wildman–Crippen MR) is 87.5 cm³/mol. The molecule has 0 heterocycles. The molecular formula is C16H18ClNO2S. The summed E-state index contributed by atoms with van der Waals surface area (Å²) in [6.45, 7) is 2.32. The van der Waals surface area contributed by atoms with Crippen molar-refractivity contribution >= 4 is 27.1 Å². The van der Waals surface area contributed by atoms with Gasteiger partial charge in [0.2, 0.25) is 0 Å². The number of sulfone groups is 1. The molecule has 112 valence electrons. The van der Waals surface area contributed by atoms with Crippen LogP contribution in [0.2, 0.25) is 0 Å². The van der Waals surface area contributed by atoms with Crippen LogP contribution in [0.15, 0.2) is 53.4 Å². The maximum absolute atomic E-state index is 11.7. The number of hydrogen-bond donors (Lipinski definition) is 1. The van der Waals surface area contributed by atoms with E-state index in [1.165, 1.54) is 0 Å². The quantitative estimate of drug-likeness (QED) is 0.822. The molecule has 1 N–H and O–H groups in total. The van der Waals surface area contributed by atoms with Crippen molar-refractivity contribution < 1.29 is 8.42 Å². The van der Waals surface area contributed by atoms with Gasteiger partial charge in [0.05, 0.1) is 10.6 Å². The molecule has 0 unspecified atom stereocenters. The number of hydrogen-bond acceptors (Lipinski definition) is 3. The molecule has 0 saturated heterocycles. The minimum Gasteiger partial charge on any atom is -0.381 e. The van der Waals surface area contributed by atoms with Gasteiger partial charge in [-0.25, -0.2) is 8.42 Å². The predicted octanol–water partition coefficient (Wildman–Crippen LogP) is 3.83. The van der Waals surface area contributed by atoms with Gasteiger partial charge >= 0.3 is 0 Å². The fourth-order valence-electron chi connectivity index (χ4n) is 1.97. The van der Waals surface area contributed by atoms with Gasteiger partial charge in [-0.1, -0.05) is 31.2 Å². The highest BCUT2D eigenvalue weighted by molar-refractivity contribution is 7.91. The van der Waals surface area contributed by atoms with Gasteiger partial charge in [0, 0.05) is 18.1 Å². The summed E-state index contributed by atoms with van der Waals surface area (Å²) in [4.78, 5) is 0.361. The zero-order valence-electron chi connectivity index (χ0n) is 11.8. The standard InChI is InChI=1S/C16H18ClNO2S/c1-2-21(19,20)16-8-6-15(7-9-16)18-12-14-5-3-4-13(10-14)11-17/h3-10,18H,2,11-12H2,1H3. The molecule has 3 nitrogen and oxygen atoms in total. The molecule has 0 aliphatic carbocycles. The Morgan fingerprint density at radius 2 is 1.71 bits per heavy atom. The molecule has 2 rings (SSSR count). The van der Waals surface area contributed by atoms with E-state index in [2.05, 4.69) is 11.4 Å². The Bertz CT molecular complexity index is 696. The van der Waals surface area contributed by atoms with Gasteiger partial charge in [0.25, 0.3) is 0 Å². The number of alkyl halides is 1. The van der Waals surface area contributed by atoms with E-state index >= 15 is 0 Å². The van der Waals surface area contributed by atoms with Gasteiger partial charge < -0.3 is 5.32 Å². The lowest BCUT2D eigenvalue weighted by molar-refractivity contribution is 0.597. The highest BCUT2D eigenvalue weighted by Gasteiger charge is 2.10. The summed E-state index contributed by atoms with van der Waals surface area (Å²) in [6.07, 6.45) is 0. The number of rotatable bonds is 6. The highest BCUT2D eigenvalue weighted by atomic mass is 35.5. The Morgan fingerprint density at radius 1 is 1.05 bits per heavy atom. The second-order valence-electron chi connectivity index (χ2n) is 4.73. The van der Waals surface area contributed by atoms with Crippen molar-refractivity contribution in [3.63, 3.8) is 0 Å². The topological polar surface area (TPSA) is 46.2 Å². The molecule has 0 aliphatic rings. The van der Waals surface area contributed by atoms with Crippen LogP contribution >= 0.6 is 11.6 Å². The zero-order valence-corrected chi connectivity index (χ0v) is 13.4. The Hall–Kier alpha value is -1.52. The molecule has 0 aliphatic heterocycles. The average Bonchev–Trinajstić information content (AvgIpc) is 2.53. The molecule has 0 bridgehead atoms. The maximum atomic E-state index is 11.7. The van der Waals surface area contributed by atoms with Crippen molar-refractivity contribution in [2.45, 2.75) is 24.2 Å². The smallest absolute Gasteiger partial charge is 0.178 e. The van der Waals surface area contributed by atoms with E-state index in [1.54, 1.807) is 31.2 Å². The summed E-state index contributed by atoms with van der Waals surface area (Å²) in [5.74, 6) is 0.613. The summed E-state index contributed by atoms with van der Waals surface area (Å²) < 4.78 is 23.5. The molecule has 21 heavy (non-hydrogen) atoms. The van der Waals surface area contributed by atoms with Crippen molar-refractivity contribution in [2.75, 3.05) is 11.1 Å². The van der Waals surface area contributed by atoms with E-state index in [1.807, 2.05) is 18.2 Å². The van der Waals surface area contributed by atoms with Crippen LogP contribution in [0.5, 0.6) is 0 Å². The molecule has 0 fully saturated rings. The molecule has 0 radical (unpaired) electrons. The minimum absolute atomic E-state index is 0.116. The van der Waals surface area contributed by atoms with Gasteiger partial charge in [-0.05, 0) is 35.4 Å². The normalized spacial score (nSPS) is 11.3. The van der Waals surface area contributed by atoms with E-state index in [-0.39, 0.29) is 5.75 Å². The molecule has 0 saturated carbocycles. The van der Waals surface area contributed by atoms with E-state index in [9.17, 15) is 8.42 Å². The Labute approximate surface area is 130 Å². The summed E-state index contributed by atoms with van der Waals surface area (Å²) in [5.41, 5.74) is 3.11. The second kappa shape index (κ2) is 6.96. The van der Waals surface area contributed by atoms with E-state index in [4.69, 9.17) is 11.6 Å². The van der Waals surface area contributed by atoms with E-state index in [0.717, 1.165) is 16.8 Å². The van der Waals surface area contributed by atoms with E-state index in [0.29, 0.717) is 17.3 Å². The Morgan fingerprint density at radius 3 is 2.33 bits per heavy atom. The van der Waals surface area contributed by atoms with Gasteiger partial charge in [-0.2, -0.15) is 0 Å². The first-order chi connectivity index (χ1) is 10.0. The number of anilines is 1. The lowest BCUT2D eigenvalue weighted by Gasteiger charge is -2.08. The van der Waals surface area contributed by atoms with Crippen LogP contribution in [0.1, 0.15) is 18.1 Å². The lowest BCUT2D eigenvalue weighted by Crippen LogP contribution is -2.04. The van der Waals surface area contributed by atoms with Crippen LogP contribution in [0.3, 0.4) is 0 Å². The van der Waals surface area contributed by atoms with Gasteiger partial charge in [0.1, 0.15) is 0 Å². The summed E-state index contributed by atoms with van der Waals surface area (Å²) in [5, 5.41) is 3.27. The molecule has 2 aromatic carbocycles. The Kier molecular flexibility index (Phi) is 5.26. The van der Waals surface area contributed by atoms with Crippen LogP contribution in [0.4, 0.5) is 5.69 Å². The Balaban J connectivity index is 2.04. The van der Waals surface area contributed by atoms with Crippen molar-refractivity contribution in [1.82, 2.24) is 0 Å². The van der Waals surface area contributed by atoms with Crippen molar-refractivity contribution in [1.29, 1.82) is 0 Å². The van der Waals surface area contributed by atoms with Gasteiger partial charge in [-0.3, -0.25) is 0 Å². The molecular weight excluding hydrogens is 306 g/mol. The van der Waals surface area contributed by atoms with Crippen molar-refractivity contribution in [3.8, 4) is 0 Å². The van der Waals surface area contributed by atoms with Crippen LogP contribution in [0, 0.1) is 0 Å². The lowest BCUT2D eigenvalue weighted by atomic mass is 10.1. The SMILES string of the molecule is CCS(=O)(=O)c1ccc(NCc2cccc(CCl)c2)cc1. The first-order valence-corrected chi connectivity index (χ1v) is 8.94. The zero-order chi connectivity index (χ0) is 15.3. The van der Waals surface area contributed by atoms with Crippen molar-refractivity contribution in [3.05, 3.63) is 59.7 Å². The fourth-order valence-corrected chi connectivity index (χ4v) is 3.02. The maximum Gasteiger partial charge on any atom is 0.178 e. The molecule has 2 aromatic rings. The third kappa shape index (κ3) is 4.22. The summed E-state index contributed by atoms with van der Waals surface area (Å²) in [7, 11) is -3.13. The first kappa shape index (κ1) is 15.9. The monoisotopic (exact) mass is 323 g/mol. The van der Waals surface area contributed by atoms with Crippen LogP contribution in [-0.4, -0.2) is 14.2 Å². The van der Waals surface area contributed by atoms with Gasteiger partial charge in [0.15, 0.2) is 9.84 Å². The third-order valence-electron chi connectivity index (χ3n) is 3.24. The molecule has 0 aromatic heterocycles. The number of nitrogens with one attached hydrogen (secondary N) is 1. The summed E-state index contributed by atoms with van der Waals surface area (Å²) >= 11 is 5.81. The van der Waals surface area contributed by atoms with Crippen molar-refractivity contribution in [2.24, 2.45) is 0 Å². The van der Waals surface area contributed by atoms with Gasteiger partial charge in [-0.15, -0.1) is 11.6 Å². The highest BCUT2D eigenvalue weighted by Crippen LogP contribution is 2.16. The van der Waals surface area contributed by atoms with Crippen LogP contribution in [-0.2, 0) is 22.3 Å². The fraction of sp³-hybridized carbons (Fsp3) is 0.250. The molecule has 0 atom stereocenters. The minimum atomic E-state index is -3.13. The molecule has 5 heteroatoms. The number of halogens is 1. The van der Waals surface area contributed by atoms with Crippen LogP contribution in [0.25, 0.3) is 0 Å². The molecule has 0 spiro atoms. The average molecular weight is 324 g/mol. The van der Waals surface area contributed by atoms with E-state index < -0.39 is 9.84 Å². The van der Waals surface area contributed by atoms with Crippen LogP contribution < -0.4 is 5.32 Å². The first-order valence-electron chi connectivity index (χ1n) is 6.75. The summed E-state index contributed by atoms with van der Waals surface area (Å²) in [6, 6.07) is 14.9. The number of benzene rings is 2. The largest absolute Gasteiger partial charge is 0.381 e.